The molecule has 2 aromatic rings. The molecule has 1 aliphatic rings. The highest BCUT2D eigenvalue weighted by atomic mass is 35.5. The van der Waals surface area contributed by atoms with Crippen molar-refractivity contribution in [2.24, 2.45) is 0 Å². The third-order valence-corrected chi connectivity index (χ3v) is 4.44. The molecule has 1 aliphatic heterocycles. The molecule has 2 heterocycles. The molecule has 0 spiro atoms. The first-order chi connectivity index (χ1) is 9.20. The minimum Gasteiger partial charge on any atom is -0.381 e. The molecule has 0 N–H and O–H groups in total. The lowest BCUT2D eigenvalue weighted by molar-refractivity contribution is 0.0700. The van der Waals surface area contributed by atoms with Crippen LogP contribution in [0.25, 0.3) is 11.0 Å². The summed E-state index contributed by atoms with van der Waals surface area (Å²) in [6.45, 7) is 1.54. The Hall–Kier alpha value is -0.480. The number of ether oxygens (including phenoxy) is 1. The van der Waals surface area contributed by atoms with Gasteiger partial charge in [0.25, 0.3) is 0 Å². The molecule has 1 saturated heterocycles. The number of fused-ring (bicyclic) bond motifs is 1. The van der Waals surface area contributed by atoms with E-state index < -0.39 is 0 Å². The van der Waals surface area contributed by atoms with Crippen LogP contribution >= 0.6 is 34.8 Å². The van der Waals surface area contributed by atoms with E-state index in [0.717, 1.165) is 42.9 Å². The first-order valence-corrected chi connectivity index (χ1v) is 7.49. The number of aromatic nitrogens is 2. The summed E-state index contributed by atoms with van der Waals surface area (Å²) < 4.78 is 7.60. The highest BCUT2D eigenvalue weighted by Crippen LogP contribution is 2.33. The summed E-state index contributed by atoms with van der Waals surface area (Å²) >= 11 is 18.2. The Morgan fingerprint density at radius 3 is 2.58 bits per heavy atom. The third-order valence-electron chi connectivity index (χ3n) is 3.48. The van der Waals surface area contributed by atoms with Gasteiger partial charge in [-0.15, -0.1) is 11.6 Å². The van der Waals surface area contributed by atoms with Gasteiger partial charge in [-0.25, -0.2) is 4.98 Å². The Morgan fingerprint density at radius 2 is 1.89 bits per heavy atom. The molecule has 0 aliphatic carbocycles. The van der Waals surface area contributed by atoms with Gasteiger partial charge < -0.3 is 9.30 Å². The van der Waals surface area contributed by atoms with E-state index >= 15 is 0 Å². The van der Waals surface area contributed by atoms with Gasteiger partial charge in [0, 0.05) is 19.3 Å². The number of alkyl halides is 1. The van der Waals surface area contributed by atoms with Crippen molar-refractivity contribution in [3.63, 3.8) is 0 Å². The highest BCUT2D eigenvalue weighted by molar-refractivity contribution is 6.42. The van der Waals surface area contributed by atoms with Crippen LogP contribution < -0.4 is 0 Å². The van der Waals surface area contributed by atoms with Gasteiger partial charge in [0.05, 0.1) is 27.0 Å². The number of benzene rings is 1. The number of nitrogens with zero attached hydrogens (tertiary/aromatic N) is 2. The first kappa shape index (κ1) is 13.5. The average Bonchev–Trinajstić information content (AvgIpc) is 2.78. The minimum atomic E-state index is 0.366. The van der Waals surface area contributed by atoms with Gasteiger partial charge in [-0.2, -0.15) is 0 Å². The molecule has 102 valence electrons. The highest BCUT2D eigenvalue weighted by Gasteiger charge is 2.22. The molecule has 1 aromatic heterocycles. The first-order valence-electron chi connectivity index (χ1n) is 6.20. The molecule has 3 rings (SSSR count). The quantitative estimate of drug-likeness (QED) is 0.766. The molecule has 0 saturated carbocycles. The summed E-state index contributed by atoms with van der Waals surface area (Å²) in [6.07, 6.45) is 1.94. The summed E-state index contributed by atoms with van der Waals surface area (Å²) in [7, 11) is 0. The molecule has 0 bridgehead atoms. The van der Waals surface area contributed by atoms with Crippen molar-refractivity contribution < 1.29 is 4.74 Å². The zero-order valence-electron chi connectivity index (χ0n) is 10.2. The Kier molecular flexibility index (Phi) is 3.90. The van der Waals surface area contributed by atoms with E-state index in [2.05, 4.69) is 9.55 Å². The van der Waals surface area contributed by atoms with Crippen LogP contribution in [0.2, 0.25) is 10.0 Å². The van der Waals surface area contributed by atoms with Crippen LogP contribution in [0.3, 0.4) is 0 Å². The molecule has 0 unspecified atom stereocenters. The standard InChI is InChI=1S/C13H13Cl3N2O/c14-7-13-17-11-5-9(15)10(16)6-12(11)18(13)8-1-3-19-4-2-8/h5-6,8H,1-4,7H2. The van der Waals surface area contributed by atoms with E-state index in [1.807, 2.05) is 6.07 Å². The zero-order valence-corrected chi connectivity index (χ0v) is 12.5. The summed E-state index contributed by atoms with van der Waals surface area (Å²) in [5.74, 6) is 1.24. The van der Waals surface area contributed by atoms with Crippen molar-refractivity contribution >= 4 is 45.8 Å². The molecule has 19 heavy (non-hydrogen) atoms. The van der Waals surface area contributed by atoms with Gasteiger partial charge in [-0.1, -0.05) is 23.2 Å². The summed E-state index contributed by atoms with van der Waals surface area (Å²) in [6, 6.07) is 4.03. The van der Waals surface area contributed by atoms with E-state index in [1.165, 1.54) is 0 Å². The van der Waals surface area contributed by atoms with E-state index in [0.29, 0.717) is 22.0 Å². The number of hydrogen-bond acceptors (Lipinski definition) is 2. The largest absolute Gasteiger partial charge is 0.381 e. The van der Waals surface area contributed by atoms with Crippen LogP contribution in [0.1, 0.15) is 24.7 Å². The van der Waals surface area contributed by atoms with Crippen LogP contribution in [-0.4, -0.2) is 22.8 Å². The van der Waals surface area contributed by atoms with Crippen LogP contribution in [0.5, 0.6) is 0 Å². The van der Waals surface area contributed by atoms with E-state index in [1.54, 1.807) is 6.07 Å². The van der Waals surface area contributed by atoms with Crippen LogP contribution in [-0.2, 0) is 10.6 Å². The molecule has 3 nitrogen and oxygen atoms in total. The maximum Gasteiger partial charge on any atom is 0.125 e. The molecule has 6 heteroatoms. The van der Waals surface area contributed by atoms with Crippen molar-refractivity contribution in [1.82, 2.24) is 9.55 Å². The Labute approximate surface area is 126 Å². The minimum absolute atomic E-state index is 0.366. The van der Waals surface area contributed by atoms with Crippen molar-refractivity contribution in [3.8, 4) is 0 Å². The Bertz CT molecular complexity index is 605. The summed E-state index contributed by atoms with van der Waals surface area (Å²) in [5.41, 5.74) is 1.84. The van der Waals surface area contributed by atoms with Crippen LogP contribution in [0.15, 0.2) is 12.1 Å². The lowest BCUT2D eigenvalue weighted by Gasteiger charge is -2.25. The van der Waals surface area contributed by atoms with Gasteiger partial charge in [-0.05, 0) is 25.0 Å². The fourth-order valence-electron chi connectivity index (χ4n) is 2.59. The van der Waals surface area contributed by atoms with E-state index in [4.69, 9.17) is 39.5 Å². The fraction of sp³-hybridized carbons (Fsp3) is 0.462. The number of rotatable bonds is 2. The lowest BCUT2D eigenvalue weighted by atomic mass is 10.1. The molecule has 0 amide bonds. The van der Waals surface area contributed by atoms with E-state index in [-0.39, 0.29) is 0 Å². The van der Waals surface area contributed by atoms with Crippen LogP contribution in [0.4, 0.5) is 0 Å². The predicted molar refractivity (Wildman–Crippen MR) is 78.4 cm³/mol. The fourth-order valence-corrected chi connectivity index (χ4v) is 3.09. The van der Waals surface area contributed by atoms with Crippen molar-refractivity contribution in [2.75, 3.05) is 13.2 Å². The summed E-state index contributed by atoms with van der Waals surface area (Å²) in [5, 5.41) is 1.07. The van der Waals surface area contributed by atoms with Gasteiger partial charge in [0.15, 0.2) is 0 Å². The molecule has 1 aromatic carbocycles. The molecule has 0 atom stereocenters. The lowest BCUT2D eigenvalue weighted by Crippen LogP contribution is -2.20. The average molecular weight is 320 g/mol. The number of hydrogen-bond donors (Lipinski definition) is 0. The SMILES string of the molecule is ClCc1nc2cc(Cl)c(Cl)cc2n1C1CCOCC1. The van der Waals surface area contributed by atoms with Crippen molar-refractivity contribution in [3.05, 3.63) is 28.0 Å². The molecular weight excluding hydrogens is 307 g/mol. The van der Waals surface area contributed by atoms with Crippen molar-refractivity contribution in [1.29, 1.82) is 0 Å². The van der Waals surface area contributed by atoms with Crippen LogP contribution in [0, 0.1) is 0 Å². The number of halogens is 3. The number of imidazole rings is 1. The normalized spacial score (nSPS) is 17.2. The predicted octanol–water partition coefficient (Wildman–Crippen LogP) is 4.43. The monoisotopic (exact) mass is 318 g/mol. The maximum atomic E-state index is 6.12. The van der Waals surface area contributed by atoms with Gasteiger partial charge >= 0.3 is 0 Å². The van der Waals surface area contributed by atoms with E-state index in [9.17, 15) is 0 Å². The van der Waals surface area contributed by atoms with Gasteiger partial charge in [-0.3, -0.25) is 0 Å². The molecule has 1 fully saturated rings. The second-order valence-corrected chi connectivity index (χ2v) is 5.71. The molecule has 0 radical (unpaired) electrons. The Balaban J connectivity index is 2.16. The maximum absolute atomic E-state index is 6.12. The third kappa shape index (κ3) is 2.45. The summed E-state index contributed by atoms with van der Waals surface area (Å²) in [4.78, 5) is 4.56. The van der Waals surface area contributed by atoms with Gasteiger partial charge in [0.2, 0.25) is 0 Å². The topological polar surface area (TPSA) is 27.1 Å². The second-order valence-electron chi connectivity index (χ2n) is 4.63. The Morgan fingerprint density at radius 1 is 1.21 bits per heavy atom. The molecular formula is C13H13Cl3N2O. The van der Waals surface area contributed by atoms with Gasteiger partial charge in [0.1, 0.15) is 5.82 Å². The zero-order chi connectivity index (χ0) is 13.4. The van der Waals surface area contributed by atoms with Crippen molar-refractivity contribution in [2.45, 2.75) is 24.8 Å². The smallest absolute Gasteiger partial charge is 0.125 e. The second kappa shape index (κ2) is 5.49.